The number of nitrogens with zero attached hydrogens (tertiary/aromatic N) is 1. The third kappa shape index (κ3) is 4.33. The summed E-state index contributed by atoms with van der Waals surface area (Å²) >= 11 is 0. The molecule has 3 amide bonds. The van der Waals surface area contributed by atoms with E-state index < -0.39 is 0 Å². The summed E-state index contributed by atoms with van der Waals surface area (Å²) in [5.41, 5.74) is 2.18. The molecule has 0 bridgehead atoms. The summed E-state index contributed by atoms with van der Waals surface area (Å²) in [6.07, 6.45) is 1.53. The van der Waals surface area contributed by atoms with Crippen LogP contribution in [0, 0.1) is 0 Å². The van der Waals surface area contributed by atoms with Crippen LogP contribution in [0.15, 0.2) is 66.7 Å². The van der Waals surface area contributed by atoms with Crippen molar-refractivity contribution in [2.45, 2.75) is 19.3 Å². The Kier molecular flexibility index (Phi) is 5.75. The van der Waals surface area contributed by atoms with Gasteiger partial charge in [0, 0.05) is 13.0 Å². The lowest BCUT2D eigenvalue weighted by Gasteiger charge is -2.20. The van der Waals surface area contributed by atoms with Crippen molar-refractivity contribution in [1.29, 1.82) is 0 Å². The molecule has 1 aliphatic heterocycles. The lowest BCUT2D eigenvalue weighted by Crippen LogP contribution is -2.34. The zero-order chi connectivity index (χ0) is 20.9. The van der Waals surface area contributed by atoms with E-state index in [-0.39, 0.29) is 30.7 Å². The first kappa shape index (κ1) is 19.6. The molecule has 1 saturated heterocycles. The number of carbonyl (C=O) groups is 3. The Bertz CT molecular complexity index is 1100. The molecule has 0 unspecified atom stereocenters. The van der Waals surface area contributed by atoms with Crippen LogP contribution in [0.2, 0.25) is 0 Å². The number of rotatable bonds is 6. The van der Waals surface area contributed by atoms with E-state index in [0.29, 0.717) is 24.3 Å². The van der Waals surface area contributed by atoms with Crippen molar-refractivity contribution in [3.63, 3.8) is 0 Å². The summed E-state index contributed by atoms with van der Waals surface area (Å²) in [6.45, 7) is 0.513. The number of hydrogen-bond acceptors (Lipinski definition) is 3. The van der Waals surface area contributed by atoms with Gasteiger partial charge in [-0.25, -0.2) is 0 Å². The predicted octanol–water partition coefficient (Wildman–Crippen LogP) is 3.26. The number of nitrogens with one attached hydrogen (secondary N) is 2. The van der Waals surface area contributed by atoms with Crippen molar-refractivity contribution in [2.24, 2.45) is 0 Å². The van der Waals surface area contributed by atoms with Crippen molar-refractivity contribution in [3.05, 3.63) is 72.3 Å². The first-order chi connectivity index (χ1) is 14.6. The van der Waals surface area contributed by atoms with E-state index in [1.807, 2.05) is 54.6 Å². The lowest BCUT2D eigenvalue weighted by atomic mass is 10.0. The molecule has 3 aromatic rings. The fourth-order valence-corrected chi connectivity index (χ4v) is 3.77. The number of benzene rings is 3. The summed E-state index contributed by atoms with van der Waals surface area (Å²) in [4.78, 5) is 38.5. The second-order valence-electron chi connectivity index (χ2n) is 7.31. The maximum absolute atomic E-state index is 12.4. The van der Waals surface area contributed by atoms with Crippen LogP contribution in [0.3, 0.4) is 0 Å². The van der Waals surface area contributed by atoms with Gasteiger partial charge in [-0.3, -0.25) is 14.4 Å². The number of para-hydroxylation sites is 2. The van der Waals surface area contributed by atoms with Gasteiger partial charge >= 0.3 is 0 Å². The Morgan fingerprint density at radius 3 is 2.50 bits per heavy atom. The fraction of sp³-hybridized carbons (Fsp3) is 0.208. The highest BCUT2D eigenvalue weighted by molar-refractivity contribution is 6.03. The van der Waals surface area contributed by atoms with Crippen molar-refractivity contribution < 1.29 is 14.4 Å². The Morgan fingerprint density at radius 2 is 1.67 bits per heavy atom. The molecule has 0 spiro atoms. The fourth-order valence-electron chi connectivity index (χ4n) is 3.77. The van der Waals surface area contributed by atoms with Crippen LogP contribution < -0.4 is 15.5 Å². The van der Waals surface area contributed by atoms with Gasteiger partial charge in [-0.05, 0) is 34.9 Å². The molecule has 0 atom stereocenters. The smallest absolute Gasteiger partial charge is 0.243 e. The molecule has 0 radical (unpaired) electrons. The van der Waals surface area contributed by atoms with E-state index in [1.165, 1.54) is 0 Å². The minimum atomic E-state index is -0.333. The Morgan fingerprint density at radius 1 is 0.900 bits per heavy atom. The normalized spacial score (nSPS) is 13.5. The van der Waals surface area contributed by atoms with Crippen molar-refractivity contribution in [3.8, 4) is 0 Å². The van der Waals surface area contributed by atoms with Crippen molar-refractivity contribution in [1.82, 2.24) is 5.32 Å². The standard InChI is InChI=1S/C24H23N3O3/c28-22(15-18-9-5-8-17-7-1-2-10-19(17)18)25-16-23(29)26-20-11-3-4-12-21(20)27-14-6-13-24(27)30/h1-5,7-12H,6,13-16H2,(H,25,28)(H,26,29). The van der Waals surface area contributed by atoms with Gasteiger partial charge in [-0.2, -0.15) is 0 Å². The molecule has 1 fully saturated rings. The van der Waals surface area contributed by atoms with Gasteiger partial charge in [0.2, 0.25) is 17.7 Å². The molecule has 0 aromatic heterocycles. The third-order valence-corrected chi connectivity index (χ3v) is 5.22. The summed E-state index contributed by atoms with van der Waals surface area (Å²) in [5, 5.41) is 7.60. The van der Waals surface area contributed by atoms with Crippen LogP contribution in [0.1, 0.15) is 18.4 Å². The molecule has 6 nitrogen and oxygen atoms in total. The molecular weight excluding hydrogens is 378 g/mol. The van der Waals surface area contributed by atoms with Crippen molar-refractivity contribution >= 4 is 39.9 Å². The zero-order valence-electron chi connectivity index (χ0n) is 16.6. The average Bonchev–Trinajstić information content (AvgIpc) is 3.19. The van der Waals surface area contributed by atoms with Crippen molar-refractivity contribution in [2.75, 3.05) is 23.3 Å². The lowest BCUT2D eigenvalue weighted by molar-refractivity contribution is -0.123. The van der Waals surface area contributed by atoms with E-state index >= 15 is 0 Å². The monoisotopic (exact) mass is 401 g/mol. The Hall–Kier alpha value is -3.67. The maximum Gasteiger partial charge on any atom is 0.243 e. The van der Waals surface area contributed by atoms with Crippen LogP contribution >= 0.6 is 0 Å². The van der Waals surface area contributed by atoms with E-state index in [9.17, 15) is 14.4 Å². The molecule has 0 aliphatic carbocycles. The topological polar surface area (TPSA) is 78.5 Å². The van der Waals surface area contributed by atoms with Gasteiger partial charge in [0.1, 0.15) is 0 Å². The van der Waals surface area contributed by atoms with Gasteiger partial charge in [0.05, 0.1) is 24.3 Å². The van der Waals surface area contributed by atoms with Gasteiger partial charge in [-0.1, -0.05) is 54.6 Å². The molecular formula is C24H23N3O3. The molecule has 2 N–H and O–H groups in total. The summed E-state index contributed by atoms with van der Waals surface area (Å²) in [6, 6.07) is 21.0. The number of hydrogen-bond donors (Lipinski definition) is 2. The van der Waals surface area contributed by atoms with Crippen LogP contribution in [-0.4, -0.2) is 30.8 Å². The number of fused-ring (bicyclic) bond motifs is 1. The molecule has 3 aromatic carbocycles. The predicted molar refractivity (Wildman–Crippen MR) is 117 cm³/mol. The Balaban J connectivity index is 1.36. The van der Waals surface area contributed by atoms with Crippen LogP contribution in [0.25, 0.3) is 10.8 Å². The van der Waals surface area contributed by atoms with Gasteiger partial charge in [0.15, 0.2) is 0 Å². The Labute approximate surface area is 174 Å². The van der Waals surface area contributed by atoms with E-state index in [0.717, 1.165) is 22.8 Å². The number of amides is 3. The highest BCUT2D eigenvalue weighted by atomic mass is 16.2. The highest BCUT2D eigenvalue weighted by Crippen LogP contribution is 2.29. The van der Waals surface area contributed by atoms with Crippen LogP contribution in [0.5, 0.6) is 0 Å². The largest absolute Gasteiger partial charge is 0.347 e. The molecule has 0 saturated carbocycles. The molecule has 1 aliphatic rings. The molecule has 4 rings (SSSR count). The minimum absolute atomic E-state index is 0.0556. The van der Waals surface area contributed by atoms with Gasteiger partial charge in [-0.15, -0.1) is 0 Å². The van der Waals surface area contributed by atoms with Gasteiger partial charge < -0.3 is 15.5 Å². The molecule has 30 heavy (non-hydrogen) atoms. The molecule has 152 valence electrons. The van der Waals surface area contributed by atoms with E-state index in [1.54, 1.807) is 17.0 Å². The molecule has 1 heterocycles. The second-order valence-corrected chi connectivity index (χ2v) is 7.31. The quantitative estimate of drug-likeness (QED) is 0.665. The zero-order valence-corrected chi connectivity index (χ0v) is 16.6. The number of carbonyl (C=O) groups excluding carboxylic acids is 3. The van der Waals surface area contributed by atoms with Gasteiger partial charge in [0.25, 0.3) is 0 Å². The highest BCUT2D eigenvalue weighted by Gasteiger charge is 2.24. The van der Waals surface area contributed by atoms with Crippen LogP contribution in [-0.2, 0) is 20.8 Å². The van der Waals surface area contributed by atoms with E-state index in [2.05, 4.69) is 10.6 Å². The third-order valence-electron chi connectivity index (χ3n) is 5.22. The van der Waals surface area contributed by atoms with Crippen LogP contribution in [0.4, 0.5) is 11.4 Å². The molecule has 6 heteroatoms. The maximum atomic E-state index is 12.4. The first-order valence-electron chi connectivity index (χ1n) is 10.0. The summed E-state index contributed by atoms with van der Waals surface area (Å²) in [5.74, 6) is -0.495. The SMILES string of the molecule is O=C(Cc1cccc2ccccc12)NCC(=O)Nc1ccccc1N1CCCC1=O. The summed E-state index contributed by atoms with van der Waals surface area (Å²) in [7, 11) is 0. The second kappa shape index (κ2) is 8.78. The first-order valence-corrected chi connectivity index (χ1v) is 10.0. The minimum Gasteiger partial charge on any atom is -0.347 e. The van der Waals surface area contributed by atoms with E-state index in [4.69, 9.17) is 0 Å². The number of anilines is 2. The summed E-state index contributed by atoms with van der Waals surface area (Å²) < 4.78 is 0. The average molecular weight is 401 g/mol.